The maximum absolute atomic E-state index is 8.68. The summed E-state index contributed by atoms with van der Waals surface area (Å²) in [7, 11) is 0. The zero-order chi connectivity index (χ0) is 8.27. The molecule has 0 radical (unpaired) electrons. The van der Waals surface area contributed by atoms with Crippen molar-refractivity contribution in [3.05, 3.63) is 9.78 Å². The van der Waals surface area contributed by atoms with E-state index in [9.17, 15) is 0 Å². The van der Waals surface area contributed by atoms with Crippen LogP contribution in [0.2, 0.25) is 0 Å². The normalized spacial score (nSPS) is 17.5. The zero-order valence-corrected chi connectivity index (χ0v) is 8.74. The van der Waals surface area contributed by atoms with Crippen molar-refractivity contribution in [2.45, 2.75) is 13.8 Å². The van der Waals surface area contributed by atoms with Gasteiger partial charge >= 0.3 is 0 Å². The van der Waals surface area contributed by atoms with Crippen molar-refractivity contribution in [2.75, 3.05) is 6.61 Å². The van der Waals surface area contributed by atoms with Crippen molar-refractivity contribution >= 4 is 26.9 Å². The molecular weight excluding hydrogens is 255 g/mol. The first-order chi connectivity index (χ1) is 5.24. The van der Waals surface area contributed by atoms with Crippen LogP contribution in [0.4, 0.5) is 0 Å². The Kier molecular flexibility index (Phi) is 3.32. The highest BCUT2D eigenvalue weighted by molar-refractivity contribution is 14.2. The summed E-state index contributed by atoms with van der Waals surface area (Å²) >= 11 is -0.243. The first kappa shape index (κ1) is 8.99. The van der Waals surface area contributed by atoms with Gasteiger partial charge in [-0.1, -0.05) is 13.8 Å². The number of rotatable bonds is 2. The molecule has 0 aromatic heterocycles. The van der Waals surface area contributed by atoms with Gasteiger partial charge in [0.25, 0.3) is 0 Å². The average Bonchev–Trinajstić information content (AvgIpc) is 2.05. The second-order valence-corrected chi connectivity index (χ2v) is 4.75. The number of aliphatic hydroxyl groups excluding tert-OH is 1. The number of allylic oxidation sites excluding steroid dienone is 1. The van der Waals surface area contributed by atoms with Gasteiger partial charge in [-0.05, 0) is 5.92 Å². The van der Waals surface area contributed by atoms with Gasteiger partial charge in [0.2, 0.25) is 0 Å². The lowest BCUT2D eigenvalue weighted by atomic mass is 10.2. The van der Waals surface area contributed by atoms with Crippen LogP contribution in [0, 0.1) is 5.92 Å². The smallest absolute Gasteiger partial charge is 0.159 e. The van der Waals surface area contributed by atoms with E-state index >= 15 is 0 Å². The van der Waals surface area contributed by atoms with E-state index in [0.717, 1.165) is 0 Å². The van der Waals surface area contributed by atoms with Crippen molar-refractivity contribution in [3.63, 3.8) is 0 Å². The molecule has 0 amide bonds. The molecule has 1 N–H and O–H groups in total. The second-order valence-electron chi connectivity index (χ2n) is 2.54. The van der Waals surface area contributed by atoms with Gasteiger partial charge in [0.1, 0.15) is 6.61 Å². The second kappa shape index (κ2) is 4.06. The number of amidine groups is 1. The third-order valence-corrected chi connectivity index (χ3v) is 4.15. The summed E-state index contributed by atoms with van der Waals surface area (Å²) < 4.78 is 5.53. The number of hydrogen-bond acceptors (Lipinski definition) is 3. The van der Waals surface area contributed by atoms with E-state index in [4.69, 9.17) is 5.11 Å². The molecule has 0 atom stereocenters. The Balaban J connectivity index is 2.73. The van der Waals surface area contributed by atoms with E-state index in [-0.39, 0.29) is 27.6 Å². The van der Waals surface area contributed by atoms with Crippen LogP contribution >= 0.6 is 21.0 Å². The number of nitrogens with zero attached hydrogens (tertiary/aromatic N) is 2. The van der Waals surface area contributed by atoms with Gasteiger partial charge < -0.3 is 5.11 Å². The molecule has 0 spiro atoms. The van der Waals surface area contributed by atoms with Crippen LogP contribution in [-0.4, -0.2) is 17.5 Å². The molecule has 0 aliphatic carbocycles. The quantitative estimate of drug-likeness (QED) is 0.764. The summed E-state index contributed by atoms with van der Waals surface area (Å²) in [6.07, 6.45) is 1.86. The lowest BCUT2D eigenvalue weighted by Gasteiger charge is -2.06. The minimum absolute atomic E-state index is 0.0262. The maximum Gasteiger partial charge on any atom is 0.159 e. The van der Waals surface area contributed by atoms with Gasteiger partial charge in [-0.3, -0.25) is 0 Å². The van der Waals surface area contributed by atoms with Crippen molar-refractivity contribution < 1.29 is 5.11 Å². The van der Waals surface area contributed by atoms with E-state index in [1.165, 1.54) is 3.58 Å². The molecule has 1 rings (SSSR count). The fraction of sp³-hybridized carbons (Fsp3) is 0.571. The van der Waals surface area contributed by atoms with Crippen molar-refractivity contribution in [3.8, 4) is 0 Å². The fourth-order valence-corrected chi connectivity index (χ4v) is 2.25. The summed E-state index contributed by atoms with van der Waals surface area (Å²) in [5.74, 6) is 1.14. The third kappa shape index (κ3) is 2.44. The van der Waals surface area contributed by atoms with E-state index < -0.39 is 0 Å². The lowest BCUT2D eigenvalue weighted by Crippen LogP contribution is -2.00. The first-order valence-corrected chi connectivity index (χ1v) is 5.51. The first-order valence-electron chi connectivity index (χ1n) is 3.47. The van der Waals surface area contributed by atoms with Crippen LogP contribution in [0.25, 0.3) is 0 Å². The number of hydrogen-bond donors (Lipinski definition) is 1. The van der Waals surface area contributed by atoms with Gasteiger partial charge in [0.15, 0.2) is 5.84 Å². The van der Waals surface area contributed by atoms with Crippen molar-refractivity contribution in [1.29, 1.82) is 0 Å². The Morgan fingerprint density at radius 1 is 1.64 bits per heavy atom. The highest BCUT2D eigenvalue weighted by atomic mass is 127. The SMILES string of the molecule is CC(C)C1=CN=C(CO)N=I1. The van der Waals surface area contributed by atoms with Crippen LogP contribution in [0.3, 0.4) is 0 Å². The van der Waals surface area contributed by atoms with Crippen LogP contribution in [0.1, 0.15) is 13.8 Å². The Morgan fingerprint density at radius 3 is 2.73 bits per heavy atom. The minimum atomic E-state index is -0.243. The predicted octanol–water partition coefficient (Wildman–Crippen LogP) is 2.04. The highest BCUT2D eigenvalue weighted by Crippen LogP contribution is 2.27. The minimum Gasteiger partial charge on any atom is -0.388 e. The molecule has 0 saturated carbocycles. The van der Waals surface area contributed by atoms with Gasteiger partial charge in [-0.25, -0.2) is 8.14 Å². The topological polar surface area (TPSA) is 45.0 Å². The van der Waals surface area contributed by atoms with Crippen molar-refractivity contribution in [1.82, 2.24) is 0 Å². The van der Waals surface area contributed by atoms with Gasteiger partial charge in [0.05, 0.1) is 0 Å². The van der Waals surface area contributed by atoms with Crippen LogP contribution in [0.5, 0.6) is 0 Å². The Bertz CT molecular complexity index is 231. The van der Waals surface area contributed by atoms with Gasteiger partial charge in [-0.15, -0.1) is 0 Å². The molecule has 1 aliphatic heterocycles. The van der Waals surface area contributed by atoms with Crippen LogP contribution in [0.15, 0.2) is 17.9 Å². The molecule has 4 heteroatoms. The molecule has 3 nitrogen and oxygen atoms in total. The van der Waals surface area contributed by atoms with Gasteiger partial charge in [-0.2, -0.15) is 0 Å². The van der Waals surface area contributed by atoms with E-state index in [1.54, 1.807) is 0 Å². The molecule has 0 saturated heterocycles. The molecular formula is C7H11IN2O. The maximum atomic E-state index is 8.68. The molecule has 0 fully saturated rings. The number of halogens is 1. The van der Waals surface area contributed by atoms with E-state index in [0.29, 0.717) is 11.8 Å². The van der Waals surface area contributed by atoms with E-state index in [1.807, 2.05) is 6.20 Å². The zero-order valence-electron chi connectivity index (χ0n) is 6.58. The summed E-state index contributed by atoms with van der Waals surface area (Å²) in [5.41, 5.74) is 0. The number of aliphatic hydroxyl groups is 1. The number of aliphatic imine (C=N–C) groups is 1. The summed E-state index contributed by atoms with van der Waals surface area (Å²) in [6.45, 7) is 4.25. The average molecular weight is 266 g/mol. The summed E-state index contributed by atoms with van der Waals surface area (Å²) in [4.78, 5) is 4.02. The molecule has 62 valence electrons. The standard InChI is InChI=1S/C7H11IN2O/c1-5(2)6-3-9-7(4-11)10-8-6/h3,5,11H,4H2,1-2H3. The molecule has 0 aromatic carbocycles. The molecule has 11 heavy (non-hydrogen) atoms. The highest BCUT2D eigenvalue weighted by Gasteiger charge is 2.05. The largest absolute Gasteiger partial charge is 0.388 e. The molecule has 0 bridgehead atoms. The Morgan fingerprint density at radius 2 is 2.36 bits per heavy atom. The van der Waals surface area contributed by atoms with Crippen LogP contribution in [-0.2, 0) is 0 Å². The predicted molar refractivity (Wildman–Crippen MR) is 53.9 cm³/mol. The van der Waals surface area contributed by atoms with Crippen molar-refractivity contribution in [2.24, 2.45) is 14.1 Å². The Labute approximate surface area is 76.4 Å². The summed E-state index contributed by atoms with van der Waals surface area (Å²) in [5, 5.41) is 8.68. The fourth-order valence-electron chi connectivity index (χ4n) is 0.592. The third-order valence-electron chi connectivity index (χ3n) is 1.27. The monoisotopic (exact) mass is 266 g/mol. The molecule has 0 aromatic rings. The molecule has 0 unspecified atom stereocenters. The Hall–Kier alpha value is -0.100. The van der Waals surface area contributed by atoms with E-state index in [2.05, 4.69) is 22.0 Å². The van der Waals surface area contributed by atoms with Crippen LogP contribution < -0.4 is 0 Å². The van der Waals surface area contributed by atoms with Gasteiger partial charge in [0, 0.05) is 30.8 Å². The lowest BCUT2D eigenvalue weighted by molar-refractivity contribution is 0.356. The summed E-state index contributed by atoms with van der Waals surface area (Å²) in [6, 6.07) is 0. The molecule has 1 aliphatic rings. The molecule has 1 heterocycles.